The molecule has 0 aromatic carbocycles. The molecule has 1 aliphatic heterocycles. The molecular weight excluding hydrogens is 259 g/mol. The molecule has 1 rings (SSSR count). The van der Waals surface area contributed by atoms with Crippen LogP contribution in [-0.2, 0) is 4.79 Å². The summed E-state index contributed by atoms with van der Waals surface area (Å²) in [7, 11) is 0. The summed E-state index contributed by atoms with van der Waals surface area (Å²) in [4.78, 5) is 15.0. The highest BCUT2D eigenvalue weighted by molar-refractivity contribution is 5.82. The Morgan fingerprint density at radius 2 is 1.63 bits per heavy atom. The van der Waals surface area contributed by atoms with Crippen molar-refractivity contribution in [1.82, 2.24) is 9.80 Å². The van der Waals surface area contributed by atoms with E-state index in [1.165, 1.54) is 4.90 Å². The highest BCUT2D eigenvalue weighted by Crippen LogP contribution is 2.21. The van der Waals surface area contributed by atoms with E-state index in [2.05, 4.69) is 0 Å². The van der Waals surface area contributed by atoms with E-state index in [9.17, 15) is 18.0 Å². The smallest absolute Gasteiger partial charge is 0.339 e. The van der Waals surface area contributed by atoms with E-state index in [1.807, 2.05) is 20.8 Å². The van der Waals surface area contributed by atoms with Crippen LogP contribution in [0.5, 0.6) is 0 Å². The number of carbonyl (C=O) groups is 1. The zero-order valence-corrected chi connectivity index (χ0v) is 11.6. The Labute approximate surface area is 111 Å². The average Bonchev–Trinajstić information content (AvgIpc) is 2.24. The molecule has 112 valence electrons. The van der Waals surface area contributed by atoms with Gasteiger partial charge in [-0.25, -0.2) is 0 Å². The van der Waals surface area contributed by atoms with Crippen LogP contribution in [0.2, 0.25) is 0 Å². The molecule has 0 aromatic rings. The van der Waals surface area contributed by atoms with Gasteiger partial charge in [0.15, 0.2) is 0 Å². The lowest BCUT2D eigenvalue weighted by atomic mass is 9.86. The third-order valence-corrected chi connectivity index (χ3v) is 3.29. The van der Waals surface area contributed by atoms with Crippen molar-refractivity contribution in [2.75, 3.05) is 32.7 Å². The summed E-state index contributed by atoms with van der Waals surface area (Å²) in [5.74, 6) is -0.181. The number of alkyl halides is 3. The van der Waals surface area contributed by atoms with Crippen molar-refractivity contribution < 1.29 is 18.0 Å². The SMILES string of the molecule is CC(C)(C)C(N)C(=O)N1CCN(CC(F)(F)F)CC1. The van der Waals surface area contributed by atoms with E-state index in [1.54, 1.807) is 4.90 Å². The average molecular weight is 281 g/mol. The number of hydrogen-bond donors (Lipinski definition) is 1. The number of nitrogens with zero attached hydrogens (tertiary/aromatic N) is 2. The monoisotopic (exact) mass is 281 g/mol. The van der Waals surface area contributed by atoms with Gasteiger partial charge < -0.3 is 10.6 Å². The van der Waals surface area contributed by atoms with Crippen molar-refractivity contribution in [3.8, 4) is 0 Å². The second-order valence-corrected chi connectivity index (χ2v) is 6.06. The van der Waals surface area contributed by atoms with Crippen LogP contribution >= 0.6 is 0 Å². The molecule has 0 aromatic heterocycles. The van der Waals surface area contributed by atoms with Crippen molar-refractivity contribution >= 4 is 5.91 Å². The Balaban J connectivity index is 2.48. The zero-order chi connectivity index (χ0) is 14.8. The third-order valence-electron chi connectivity index (χ3n) is 3.29. The second kappa shape index (κ2) is 5.66. The van der Waals surface area contributed by atoms with Gasteiger partial charge in [-0.3, -0.25) is 9.69 Å². The number of hydrogen-bond acceptors (Lipinski definition) is 3. The normalized spacial score (nSPS) is 20.5. The van der Waals surface area contributed by atoms with Gasteiger partial charge in [0.2, 0.25) is 5.91 Å². The van der Waals surface area contributed by atoms with Gasteiger partial charge in [-0.2, -0.15) is 13.2 Å². The van der Waals surface area contributed by atoms with Gasteiger partial charge >= 0.3 is 6.18 Å². The molecule has 0 spiro atoms. The molecule has 0 saturated carbocycles. The maximum Gasteiger partial charge on any atom is 0.401 e. The summed E-state index contributed by atoms with van der Waals surface area (Å²) in [6.07, 6.45) is -4.19. The number of amides is 1. The summed E-state index contributed by atoms with van der Waals surface area (Å²) < 4.78 is 36.7. The maximum atomic E-state index is 12.2. The van der Waals surface area contributed by atoms with Crippen molar-refractivity contribution in [3.63, 3.8) is 0 Å². The molecule has 0 radical (unpaired) electrons. The Kier molecular flexibility index (Phi) is 4.84. The predicted octanol–water partition coefficient (Wildman–Crippen LogP) is 1.07. The van der Waals surface area contributed by atoms with Crippen LogP contribution in [0, 0.1) is 5.41 Å². The molecule has 1 atom stereocenters. The highest BCUT2D eigenvalue weighted by Gasteiger charge is 2.35. The minimum Gasteiger partial charge on any atom is -0.339 e. The fraction of sp³-hybridized carbons (Fsp3) is 0.917. The van der Waals surface area contributed by atoms with Crippen LogP contribution < -0.4 is 5.73 Å². The van der Waals surface area contributed by atoms with Crippen LogP contribution in [0.15, 0.2) is 0 Å². The van der Waals surface area contributed by atoms with Crippen LogP contribution in [0.3, 0.4) is 0 Å². The summed E-state index contributed by atoms with van der Waals surface area (Å²) in [5.41, 5.74) is 5.53. The Morgan fingerprint density at radius 3 is 2.00 bits per heavy atom. The van der Waals surface area contributed by atoms with E-state index in [0.29, 0.717) is 13.1 Å². The molecule has 0 bridgehead atoms. The largest absolute Gasteiger partial charge is 0.401 e. The molecule has 1 heterocycles. The van der Waals surface area contributed by atoms with Gasteiger partial charge in [0, 0.05) is 26.2 Å². The minimum absolute atomic E-state index is 0.181. The summed E-state index contributed by atoms with van der Waals surface area (Å²) in [5, 5.41) is 0. The van der Waals surface area contributed by atoms with Crippen LogP contribution in [0.4, 0.5) is 13.2 Å². The molecule has 0 aliphatic carbocycles. The predicted molar refractivity (Wildman–Crippen MR) is 66.5 cm³/mol. The van der Waals surface area contributed by atoms with E-state index < -0.39 is 18.8 Å². The number of carbonyl (C=O) groups excluding carboxylic acids is 1. The third kappa shape index (κ3) is 4.99. The molecule has 1 saturated heterocycles. The number of halogens is 3. The molecule has 1 aliphatic rings. The molecule has 2 N–H and O–H groups in total. The number of rotatable bonds is 2. The summed E-state index contributed by atoms with van der Waals surface area (Å²) in [6, 6.07) is -0.623. The fourth-order valence-electron chi connectivity index (χ4n) is 1.95. The lowest BCUT2D eigenvalue weighted by molar-refractivity contribution is -0.152. The summed E-state index contributed by atoms with van der Waals surface area (Å²) >= 11 is 0. The van der Waals surface area contributed by atoms with E-state index in [4.69, 9.17) is 5.73 Å². The Bertz CT molecular complexity index is 317. The minimum atomic E-state index is -4.19. The molecule has 19 heavy (non-hydrogen) atoms. The Hall–Kier alpha value is -0.820. The quantitative estimate of drug-likeness (QED) is 0.823. The topological polar surface area (TPSA) is 49.6 Å². The number of nitrogens with two attached hydrogens (primary N) is 1. The van der Waals surface area contributed by atoms with Gasteiger partial charge in [-0.15, -0.1) is 0 Å². The summed E-state index contributed by atoms with van der Waals surface area (Å²) in [6.45, 7) is 5.78. The molecule has 1 amide bonds. The maximum absolute atomic E-state index is 12.2. The first-order valence-electron chi connectivity index (χ1n) is 6.34. The van der Waals surface area contributed by atoms with Crippen LogP contribution in [0.1, 0.15) is 20.8 Å². The van der Waals surface area contributed by atoms with E-state index in [-0.39, 0.29) is 24.4 Å². The standard InChI is InChI=1S/C12H22F3N3O/c1-11(2,3)9(16)10(19)18-6-4-17(5-7-18)8-12(13,14)15/h9H,4-8,16H2,1-3H3. The van der Waals surface area contributed by atoms with Crippen molar-refractivity contribution in [1.29, 1.82) is 0 Å². The van der Waals surface area contributed by atoms with Gasteiger partial charge in [0.25, 0.3) is 0 Å². The van der Waals surface area contributed by atoms with Crippen LogP contribution in [0.25, 0.3) is 0 Å². The first kappa shape index (κ1) is 16.2. The van der Waals surface area contributed by atoms with Crippen LogP contribution in [-0.4, -0.2) is 60.6 Å². The van der Waals surface area contributed by atoms with Gasteiger partial charge in [-0.1, -0.05) is 20.8 Å². The zero-order valence-electron chi connectivity index (χ0n) is 11.6. The van der Waals surface area contributed by atoms with Crippen molar-refractivity contribution in [2.45, 2.75) is 33.0 Å². The highest BCUT2D eigenvalue weighted by atomic mass is 19.4. The molecule has 4 nitrogen and oxygen atoms in total. The van der Waals surface area contributed by atoms with Gasteiger partial charge in [-0.05, 0) is 5.41 Å². The van der Waals surface area contributed by atoms with Crippen molar-refractivity contribution in [2.24, 2.45) is 11.1 Å². The molecule has 7 heteroatoms. The first-order valence-corrected chi connectivity index (χ1v) is 6.34. The van der Waals surface area contributed by atoms with Crippen molar-refractivity contribution in [3.05, 3.63) is 0 Å². The fourth-order valence-corrected chi connectivity index (χ4v) is 1.95. The second-order valence-electron chi connectivity index (χ2n) is 6.06. The van der Waals surface area contributed by atoms with E-state index >= 15 is 0 Å². The molecular formula is C12H22F3N3O. The molecule has 1 fully saturated rings. The van der Waals surface area contributed by atoms with Gasteiger partial charge in [0.1, 0.15) is 0 Å². The van der Waals surface area contributed by atoms with E-state index in [0.717, 1.165) is 0 Å². The number of piperazine rings is 1. The van der Waals surface area contributed by atoms with Gasteiger partial charge in [0.05, 0.1) is 12.6 Å². The first-order chi connectivity index (χ1) is 8.50. The Morgan fingerprint density at radius 1 is 1.16 bits per heavy atom. The lowest BCUT2D eigenvalue weighted by Gasteiger charge is -2.38. The lowest BCUT2D eigenvalue weighted by Crippen LogP contribution is -2.57. The molecule has 1 unspecified atom stereocenters.